The topological polar surface area (TPSA) is 58.1 Å². The molecule has 1 fully saturated rings. The van der Waals surface area contributed by atoms with Gasteiger partial charge in [-0.25, -0.2) is 9.97 Å². The van der Waals surface area contributed by atoms with Crippen molar-refractivity contribution in [1.82, 2.24) is 9.97 Å². The number of nitrogens with zero attached hydrogens (tertiary/aromatic N) is 3. The minimum atomic E-state index is -0.194. The van der Waals surface area contributed by atoms with Gasteiger partial charge in [0.2, 0.25) is 5.95 Å². The number of carbonyl (C=O) groups is 1. The first kappa shape index (κ1) is 20.3. The first-order chi connectivity index (χ1) is 13.3. The fourth-order valence-corrected chi connectivity index (χ4v) is 3.73. The molecule has 1 unspecified atom stereocenters. The number of aromatic nitrogens is 2. The number of rotatable bonds is 4. The van der Waals surface area contributed by atoms with Crippen molar-refractivity contribution >= 4 is 17.5 Å². The van der Waals surface area contributed by atoms with Gasteiger partial charge < -0.3 is 10.2 Å². The normalized spacial score (nSPS) is 17.5. The lowest BCUT2D eigenvalue weighted by molar-refractivity contribution is 0.102. The molecule has 1 aromatic carbocycles. The zero-order chi connectivity index (χ0) is 20.3. The average molecular weight is 381 g/mol. The fraction of sp³-hybridized carbons (Fsp3) is 0.522. The lowest BCUT2D eigenvalue weighted by atomic mass is 9.87. The molecule has 0 radical (unpaired) electrons. The number of carbonyl (C=O) groups excluding carboxylic acids is 1. The van der Waals surface area contributed by atoms with E-state index in [1.807, 2.05) is 19.1 Å². The number of benzene rings is 1. The van der Waals surface area contributed by atoms with Gasteiger partial charge in [-0.3, -0.25) is 4.79 Å². The molecule has 1 aliphatic rings. The van der Waals surface area contributed by atoms with E-state index >= 15 is 0 Å². The van der Waals surface area contributed by atoms with E-state index in [1.54, 1.807) is 6.07 Å². The van der Waals surface area contributed by atoms with Crippen LogP contribution < -0.4 is 10.2 Å². The third-order valence-electron chi connectivity index (χ3n) is 5.44. The van der Waals surface area contributed by atoms with Crippen molar-refractivity contribution in [2.45, 2.75) is 71.8 Å². The minimum Gasteiger partial charge on any atom is -0.338 e. The van der Waals surface area contributed by atoms with Crippen molar-refractivity contribution in [2.75, 3.05) is 16.8 Å². The van der Waals surface area contributed by atoms with Gasteiger partial charge in [-0.2, -0.15) is 0 Å². The Kier molecular flexibility index (Phi) is 6.01. The van der Waals surface area contributed by atoms with Gasteiger partial charge in [0.25, 0.3) is 5.91 Å². The van der Waals surface area contributed by atoms with E-state index in [4.69, 9.17) is 0 Å². The molecule has 0 spiro atoms. The number of amides is 1. The summed E-state index contributed by atoms with van der Waals surface area (Å²) >= 11 is 0. The smallest absolute Gasteiger partial charge is 0.274 e. The monoisotopic (exact) mass is 380 g/mol. The molecule has 5 heteroatoms. The van der Waals surface area contributed by atoms with Crippen molar-refractivity contribution in [3.05, 3.63) is 47.3 Å². The Balaban J connectivity index is 1.79. The van der Waals surface area contributed by atoms with Crippen LogP contribution in [0.2, 0.25) is 0 Å². The molecule has 1 atom stereocenters. The highest BCUT2D eigenvalue weighted by Gasteiger charge is 2.24. The van der Waals surface area contributed by atoms with Crippen LogP contribution in [-0.4, -0.2) is 28.5 Å². The third kappa shape index (κ3) is 4.70. The Morgan fingerprint density at radius 3 is 2.54 bits per heavy atom. The fourth-order valence-electron chi connectivity index (χ4n) is 3.73. The lowest BCUT2D eigenvalue weighted by Crippen LogP contribution is -2.40. The van der Waals surface area contributed by atoms with Gasteiger partial charge in [0.05, 0.1) is 0 Å². The SMILES string of the molecule is CCC1CCCCN1c1nc(C)cc(C(=O)Nc2ccc(C(C)(C)C)cc2)n1. The predicted octanol–water partition coefficient (Wildman–Crippen LogP) is 5.10. The number of aryl methyl sites for hydroxylation is 1. The summed E-state index contributed by atoms with van der Waals surface area (Å²) in [6, 6.07) is 10.2. The summed E-state index contributed by atoms with van der Waals surface area (Å²) < 4.78 is 0. The van der Waals surface area contributed by atoms with Crippen LogP contribution in [0.5, 0.6) is 0 Å². The van der Waals surface area contributed by atoms with Gasteiger partial charge in [-0.15, -0.1) is 0 Å². The van der Waals surface area contributed by atoms with E-state index in [0.29, 0.717) is 17.7 Å². The van der Waals surface area contributed by atoms with Gasteiger partial charge in [-0.1, -0.05) is 39.8 Å². The molecule has 3 rings (SSSR count). The van der Waals surface area contributed by atoms with Crippen LogP contribution in [0.25, 0.3) is 0 Å². The highest BCUT2D eigenvalue weighted by Crippen LogP contribution is 2.25. The molecule has 0 bridgehead atoms. The maximum Gasteiger partial charge on any atom is 0.274 e. The Morgan fingerprint density at radius 2 is 1.89 bits per heavy atom. The van der Waals surface area contributed by atoms with Crippen molar-refractivity contribution in [3.8, 4) is 0 Å². The van der Waals surface area contributed by atoms with Crippen LogP contribution in [0.1, 0.15) is 75.1 Å². The maximum atomic E-state index is 12.8. The zero-order valence-electron chi connectivity index (χ0n) is 17.7. The maximum absolute atomic E-state index is 12.8. The molecule has 1 N–H and O–H groups in total. The van der Waals surface area contributed by atoms with Crippen molar-refractivity contribution in [2.24, 2.45) is 0 Å². The highest BCUT2D eigenvalue weighted by molar-refractivity contribution is 6.03. The summed E-state index contributed by atoms with van der Waals surface area (Å²) in [5.74, 6) is 0.486. The van der Waals surface area contributed by atoms with Gasteiger partial charge in [0.15, 0.2) is 0 Å². The Hall–Kier alpha value is -2.43. The molecule has 2 aromatic rings. The van der Waals surface area contributed by atoms with Gasteiger partial charge in [0.1, 0.15) is 5.69 Å². The van der Waals surface area contributed by atoms with E-state index in [1.165, 1.54) is 12.0 Å². The van der Waals surface area contributed by atoms with Crippen LogP contribution in [0.15, 0.2) is 30.3 Å². The second-order valence-electron chi connectivity index (χ2n) is 8.73. The molecule has 0 aliphatic carbocycles. The van der Waals surface area contributed by atoms with Crippen molar-refractivity contribution < 1.29 is 4.79 Å². The predicted molar refractivity (Wildman–Crippen MR) is 115 cm³/mol. The number of nitrogens with one attached hydrogen (secondary N) is 1. The quantitative estimate of drug-likeness (QED) is 0.801. The molecule has 150 valence electrons. The molecular formula is C23H32N4O. The lowest BCUT2D eigenvalue weighted by Gasteiger charge is -2.35. The first-order valence-electron chi connectivity index (χ1n) is 10.3. The summed E-state index contributed by atoms with van der Waals surface area (Å²) in [7, 11) is 0. The summed E-state index contributed by atoms with van der Waals surface area (Å²) in [6.45, 7) is 11.6. The molecular weight excluding hydrogens is 348 g/mol. The molecule has 1 saturated heterocycles. The van der Waals surface area contributed by atoms with E-state index in [-0.39, 0.29) is 11.3 Å². The van der Waals surface area contributed by atoms with Gasteiger partial charge in [-0.05, 0) is 61.8 Å². The second kappa shape index (κ2) is 8.29. The molecule has 28 heavy (non-hydrogen) atoms. The minimum absolute atomic E-state index is 0.0888. The van der Waals surface area contributed by atoms with Gasteiger partial charge >= 0.3 is 0 Å². The molecule has 1 amide bonds. The molecule has 1 aliphatic heterocycles. The zero-order valence-corrected chi connectivity index (χ0v) is 17.7. The number of piperidine rings is 1. The molecule has 2 heterocycles. The van der Waals surface area contributed by atoms with Crippen LogP contribution in [-0.2, 0) is 5.41 Å². The van der Waals surface area contributed by atoms with E-state index in [2.05, 4.69) is 60.0 Å². The van der Waals surface area contributed by atoms with Crippen molar-refractivity contribution in [1.29, 1.82) is 0 Å². The van der Waals surface area contributed by atoms with Crippen LogP contribution in [0.3, 0.4) is 0 Å². The highest BCUT2D eigenvalue weighted by atomic mass is 16.1. The largest absolute Gasteiger partial charge is 0.338 e. The summed E-state index contributed by atoms with van der Waals surface area (Å²) in [6.07, 6.45) is 4.63. The number of hydrogen-bond acceptors (Lipinski definition) is 4. The van der Waals surface area contributed by atoms with Gasteiger partial charge in [0, 0.05) is 24.0 Å². The summed E-state index contributed by atoms with van der Waals surface area (Å²) in [5, 5.41) is 2.97. The Bertz CT molecular complexity index is 823. The van der Waals surface area contributed by atoms with Crippen LogP contribution >= 0.6 is 0 Å². The number of anilines is 2. The van der Waals surface area contributed by atoms with E-state index < -0.39 is 0 Å². The van der Waals surface area contributed by atoms with E-state index in [9.17, 15) is 4.79 Å². The third-order valence-corrected chi connectivity index (χ3v) is 5.44. The van der Waals surface area contributed by atoms with Crippen LogP contribution in [0, 0.1) is 6.92 Å². The first-order valence-corrected chi connectivity index (χ1v) is 10.3. The molecule has 1 aromatic heterocycles. The summed E-state index contributed by atoms with van der Waals surface area (Å²) in [5.41, 5.74) is 3.34. The average Bonchev–Trinajstić information content (AvgIpc) is 2.67. The van der Waals surface area contributed by atoms with Crippen molar-refractivity contribution in [3.63, 3.8) is 0 Å². The second-order valence-corrected chi connectivity index (χ2v) is 8.73. The Labute approximate surface area is 168 Å². The Morgan fingerprint density at radius 1 is 1.18 bits per heavy atom. The van der Waals surface area contributed by atoms with E-state index in [0.717, 1.165) is 37.2 Å². The standard InChI is InChI=1S/C23H32N4O/c1-6-19-9-7-8-14-27(19)22-24-16(2)15-20(26-22)21(28)25-18-12-10-17(11-13-18)23(3,4)5/h10-13,15,19H,6-9,14H2,1-5H3,(H,25,28). The number of hydrogen-bond donors (Lipinski definition) is 1. The molecule has 0 saturated carbocycles. The summed E-state index contributed by atoms with van der Waals surface area (Å²) in [4.78, 5) is 24.3. The molecule has 5 nitrogen and oxygen atoms in total. The van der Waals surface area contributed by atoms with Crippen LogP contribution in [0.4, 0.5) is 11.6 Å².